The third kappa shape index (κ3) is 2.80. The first-order chi connectivity index (χ1) is 9.78. The van der Waals surface area contributed by atoms with E-state index in [1.165, 1.54) is 4.57 Å². The Labute approximate surface area is 120 Å². The van der Waals surface area contributed by atoms with Crippen molar-refractivity contribution in [3.05, 3.63) is 17.2 Å². The van der Waals surface area contributed by atoms with Crippen molar-refractivity contribution >= 4 is 9.84 Å². The summed E-state index contributed by atoms with van der Waals surface area (Å²) in [5.41, 5.74) is 1.03. The lowest BCUT2D eigenvalue weighted by atomic mass is 10.1. The van der Waals surface area contributed by atoms with E-state index in [0.717, 1.165) is 0 Å². The maximum absolute atomic E-state index is 13.2. The molecule has 1 fully saturated rings. The summed E-state index contributed by atoms with van der Waals surface area (Å²) >= 11 is 0. The first-order valence-corrected chi connectivity index (χ1v) is 8.68. The fraction of sp³-hybridized carbons (Fsp3) is 0.750. The molecule has 1 aromatic rings. The molecule has 0 amide bonds. The molecule has 1 saturated heterocycles. The Hall–Kier alpha value is -1.09. The van der Waals surface area contributed by atoms with Gasteiger partial charge in [0.05, 0.1) is 17.2 Å². The van der Waals surface area contributed by atoms with Crippen LogP contribution in [0, 0.1) is 0 Å². The third-order valence-corrected chi connectivity index (χ3v) is 5.78. The minimum Gasteiger partial charge on any atom is -0.321 e. The van der Waals surface area contributed by atoms with Crippen molar-refractivity contribution in [1.82, 2.24) is 14.9 Å². The van der Waals surface area contributed by atoms with Crippen molar-refractivity contribution < 1.29 is 21.6 Å². The number of halogens is 3. The second-order valence-electron chi connectivity index (χ2n) is 5.51. The number of sulfone groups is 1. The fourth-order valence-electron chi connectivity index (χ4n) is 3.06. The summed E-state index contributed by atoms with van der Waals surface area (Å²) in [6.45, 7) is 0.942. The van der Waals surface area contributed by atoms with Gasteiger partial charge in [0.15, 0.2) is 0 Å². The number of nitrogens with one attached hydrogen (secondary N) is 1. The highest BCUT2D eigenvalue weighted by molar-refractivity contribution is 7.91. The van der Waals surface area contributed by atoms with E-state index in [4.69, 9.17) is 0 Å². The fourth-order valence-corrected chi connectivity index (χ4v) is 4.53. The second-order valence-corrected chi connectivity index (χ2v) is 7.81. The number of aromatic nitrogens is 2. The van der Waals surface area contributed by atoms with E-state index in [0.29, 0.717) is 30.9 Å². The van der Waals surface area contributed by atoms with Gasteiger partial charge in [-0.15, -0.1) is 0 Å². The molecule has 5 nitrogen and oxygen atoms in total. The van der Waals surface area contributed by atoms with E-state index in [2.05, 4.69) is 10.3 Å². The van der Waals surface area contributed by atoms with E-state index in [-0.39, 0.29) is 24.3 Å². The smallest absolute Gasteiger partial charge is 0.321 e. The van der Waals surface area contributed by atoms with Gasteiger partial charge in [0, 0.05) is 31.2 Å². The number of hydrogen-bond acceptors (Lipinski definition) is 4. The molecule has 21 heavy (non-hydrogen) atoms. The van der Waals surface area contributed by atoms with Crippen LogP contribution in [0.4, 0.5) is 13.2 Å². The van der Waals surface area contributed by atoms with Crippen molar-refractivity contribution in [2.45, 2.75) is 38.0 Å². The molecule has 1 aromatic heterocycles. The molecule has 2 aliphatic heterocycles. The van der Waals surface area contributed by atoms with Crippen molar-refractivity contribution in [2.75, 3.05) is 18.1 Å². The summed E-state index contributed by atoms with van der Waals surface area (Å²) in [6, 6.07) is -0.431. The summed E-state index contributed by atoms with van der Waals surface area (Å²) in [6.07, 6.45) is -3.58. The molecule has 0 spiro atoms. The average molecular weight is 323 g/mol. The molecule has 0 bridgehead atoms. The molecule has 3 heterocycles. The van der Waals surface area contributed by atoms with Gasteiger partial charge >= 0.3 is 6.18 Å². The van der Waals surface area contributed by atoms with Gasteiger partial charge in [-0.1, -0.05) is 0 Å². The summed E-state index contributed by atoms with van der Waals surface area (Å²) in [7, 11) is -3.10. The van der Waals surface area contributed by atoms with Gasteiger partial charge in [0.1, 0.15) is 9.84 Å². The van der Waals surface area contributed by atoms with Gasteiger partial charge in [-0.05, 0) is 12.8 Å². The maximum Gasteiger partial charge on any atom is 0.449 e. The largest absolute Gasteiger partial charge is 0.449 e. The van der Waals surface area contributed by atoms with Gasteiger partial charge in [-0.2, -0.15) is 13.2 Å². The Morgan fingerprint density at radius 2 is 1.90 bits per heavy atom. The lowest BCUT2D eigenvalue weighted by Gasteiger charge is -2.28. The monoisotopic (exact) mass is 323 g/mol. The summed E-state index contributed by atoms with van der Waals surface area (Å²) in [5, 5.41) is 3.01. The van der Waals surface area contributed by atoms with Crippen molar-refractivity contribution in [3.8, 4) is 0 Å². The van der Waals surface area contributed by atoms with Gasteiger partial charge in [-0.3, -0.25) is 0 Å². The van der Waals surface area contributed by atoms with Crippen LogP contribution in [0.25, 0.3) is 0 Å². The van der Waals surface area contributed by atoms with Crippen LogP contribution in [0.2, 0.25) is 0 Å². The molecule has 0 radical (unpaired) electrons. The molecule has 0 atom stereocenters. The molecule has 9 heteroatoms. The maximum atomic E-state index is 13.2. The molecule has 0 aromatic carbocycles. The summed E-state index contributed by atoms with van der Waals surface area (Å²) < 4.78 is 63.9. The highest BCUT2D eigenvalue weighted by atomic mass is 32.2. The SMILES string of the molecule is O=S1(=O)CCC(n2c(C(F)(F)F)nc3c2CCNC3)CC1. The Bertz CT molecular complexity index is 637. The Kier molecular flexibility index (Phi) is 3.52. The average Bonchev–Trinajstić information content (AvgIpc) is 2.78. The van der Waals surface area contributed by atoms with Gasteiger partial charge in [0.25, 0.3) is 0 Å². The topological polar surface area (TPSA) is 64.0 Å². The molecule has 0 aliphatic carbocycles. The van der Waals surface area contributed by atoms with E-state index in [9.17, 15) is 21.6 Å². The molecule has 1 N–H and O–H groups in total. The number of nitrogens with zero attached hydrogens (tertiary/aromatic N) is 2. The Morgan fingerprint density at radius 3 is 2.52 bits per heavy atom. The third-order valence-electron chi connectivity index (χ3n) is 4.07. The number of alkyl halides is 3. The van der Waals surface area contributed by atoms with Crippen LogP contribution in [-0.2, 0) is 29.0 Å². The normalized spacial score (nSPS) is 23.0. The quantitative estimate of drug-likeness (QED) is 0.846. The van der Waals surface area contributed by atoms with Crippen molar-refractivity contribution in [2.24, 2.45) is 0 Å². The molecule has 2 aliphatic rings. The summed E-state index contributed by atoms with van der Waals surface area (Å²) in [5.74, 6) is -0.999. The number of hydrogen-bond donors (Lipinski definition) is 1. The van der Waals surface area contributed by atoms with Crippen LogP contribution >= 0.6 is 0 Å². The first-order valence-electron chi connectivity index (χ1n) is 6.86. The molecule has 3 rings (SSSR count). The summed E-state index contributed by atoms with van der Waals surface area (Å²) in [4.78, 5) is 3.76. The molecule has 0 saturated carbocycles. The van der Waals surface area contributed by atoms with E-state index < -0.39 is 27.9 Å². The minimum absolute atomic E-state index is 0.0554. The first kappa shape index (κ1) is 14.8. The lowest BCUT2D eigenvalue weighted by Crippen LogP contribution is -2.31. The van der Waals surface area contributed by atoms with Crippen LogP contribution in [0.15, 0.2) is 0 Å². The zero-order chi connectivity index (χ0) is 15.3. The van der Waals surface area contributed by atoms with Crippen LogP contribution < -0.4 is 5.32 Å². The van der Waals surface area contributed by atoms with Crippen molar-refractivity contribution in [3.63, 3.8) is 0 Å². The van der Waals surface area contributed by atoms with Crippen LogP contribution in [0.5, 0.6) is 0 Å². The van der Waals surface area contributed by atoms with Crippen molar-refractivity contribution in [1.29, 1.82) is 0 Å². The number of fused-ring (bicyclic) bond motifs is 1. The lowest BCUT2D eigenvalue weighted by molar-refractivity contribution is -0.148. The van der Waals surface area contributed by atoms with E-state index in [1.54, 1.807) is 0 Å². The molecular formula is C12H16F3N3O2S. The van der Waals surface area contributed by atoms with Crippen LogP contribution in [0.3, 0.4) is 0 Å². The second kappa shape index (κ2) is 4.98. The highest BCUT2D eigenvalue weighted by Gasteiger charge is 2.41. The Balaban J connectivity index is 2.02. The predicted molar refractivity (Wildman–Crippen MR) is 69.6 cm³/mol. The van der Waals surface area contributed by atoms with Gasteiger partial charge in [0.2, 0.25) is 5.82 Å². The van der Waals surface area contributed by atoms with E-state index in [1.807, 2.05) is 0 Å². The van der Waals surface area contributed by atoms with Crippen LogP contribution in [0.1, 0.15) is 36.1 Å². The molecule has 118 valence electrons. The van der Waals surface area contributed by atoms with Gasteiger partial charge < -0.3 is 9.88 Å². The number of imidazole rings is 1. The van der Waals surface area contributed by atoms with Gasteiger partial charge in [-0.25, -0.2) is 13.4 Å². The standard InChI is InChI=1S/C12H16F3N3O2S/c13-12(14,15)11-17-9-7-16-4-1-10(9)18(11)8-2-5-21(19,20)6-3-8/h8,16H,1-7H2. The van der Waals surface area contributed by atoms with E-state index >= 15 is 0 Å². The van der Waals surface area contributed by atoms with Crippen LogP contribution in [-0.4, -0.2) is 36.0 Å². The molecule has 0 unspecified atom stereocenters. The zero-order valence-corrected chi connectivity index (χ0v) is 12.1. The minimum atomic E-state index is -4.52. The predicted octanol–water partition coefficient (Wildman–Crippen LogP) is 1.30. The Morgan fingerprint density at radius 1 is 1.24 bits per heavy atom. The number of rotatable bonds is 1. The zero-order valence-electron chi connectivity index (χ0n) is 11.3. The molecular weight excluding hydrogens is 307 g/mol. The highest BCUT2D eigenvalue weighted by Crippen LogP contribution is 2.36.